The van der Waals surface area contributed by atoms with Crippen molar-refractivity contribution in [3.63, 3.8) is 0 Å². The first-order valence-corrected chi connectivity index (χ1v) is 12.4. The molecule has 0 spiro atoms. The maximum absolute atomic E-state index is 13.6. The third-order valence-electron chi connectivity index (χ3n) is 5.06. The molecule has 0 saturated heterocycles. The summed E-state index contributed by atoms with van der Waals surface area (Å²) in [5, 5.41) is 2.71. The van der Waals surface area contributed by atoms with Crippen LogP contribution in [0.1, 0.15) is 32.3 Å². The van der Waals surface area contributed by atoms with Gasteiger partial charge in [0.15, 0.2) is 11.6 Å². The van der Waals surface area contributed by atoms with Crippen LogP contribution in [0, 0.1) is 11.6 Å². The smallest absolute Gasteiger partial charge is 0.242 e. The monoisotopic (exact) mass is 481 g/mol. The van der Waals surface area contributed by atoms with E-state index in [4.69, 9.17) is 0 Å². The van der Waals surface area contributed by atoms with E-state index >= 15 is 0 Å². The van der Waals surface area contributed by atoms with Gasteiger partial charge < -0.3 is 10.2 Å². The Balaban J connectivity index is 2.14. The fourth-order valence-electron chi connectivity index (χ4n) is 3.33. The van der Waals surface area contributed by atoms with E-state index in [0.29, 0.717) is 6.54 Å². The van der Waals surface area contributed by atoms with Crippen LogP contribution < -0.4 is 9.62 Å². The molecule has 0 saturated carbocycles. The van der Waals surface area contributed by atoms with E-state index in [1.807, 2.05) is 30.3 Å². The molecule has 10 heteroatoms. The minimum atomic E-state index is -3.80. The highest BCUT2D eigenvalue weighted by atomic mass is 32.2. The molecule has 0 bridgehead atoms. The van der Waals surface area contributed by atoms with Crippen LogP contribution >= 0.6 is 0 Å². The van der Waals surface area contributed by atoms with Crippen molar-refractivity contribution in [1.29, 1.82) is 0 Å². The molecule has 7 nitrogen and oxygen atoms in total. The number of carbonyl (C=O) groups is 2. The predicted molar refractivity (Wildman–Crippen MR) is 123 cm³/mol. The molecule has 2 aromatic carbocycles. The Morgan fingerprint density at radius 2 is 1.73 bits per heavy atom. The van der Waals surface area contributed by atoms with E-state index in [0.717, 1.165) is 28.3 Å². The number of hydrogen-bond acceptors (Lipinski definition) is 4. The number of sulfonamides is 1. The van der Waals surface area contributed by atoms with Crippen LogP contribution in [0.2, 0.25) is 0 Å². The molecule has 0 aliphatic heterocycles. The van der Waals surface area contributed by atoms with Crippen LogP contribution in [-0.2, 0) is 26.2 Å². The molecule has 0 aromatic heterocycles. The second-order valence-electron chi connectivity index (χ2n) is 7.61. The number of anilines is 1. The summed E-state index contributed by atoms with van der Waals surface area (Å²) >= 11 is 0. The Labute approximate surface area is 193 Å². The largest absolute Gasteiger partial charge is 0.355 e. The molecule has 2 aromatic rings. The average Bonchev–Trinajstić information content (AvgIpc) is 2.76. The molecule has 2 rings (SSSR count). The topological polar surface area (TPSA) is 86.8 Å². The number of nitrogens with one attached hydrogen (secondary N) is 1. The summed E-state index contributed by atoms with van der Waals surface area (Å²) in [6.07, 6.45) is 1.04. The van der Waals surface area contributed by atoms with Crippen molar-refractivity contribution in [3.05, 3.63) is 65.7 Å². The molecule has 0 aliphatic carbocycles. The SMILES string of the molecule is CCNC(=O)[C@H](C)N(Cc1ccccc1)C(=O)CCCN(c1ccc(F)c(F)c1)S(C)(=O)=O. The zero-order chi connectivity index (χ0) is 24.6. The van der Waals surface area contributed by atoms with E-state index in [9.17, 15) is 26.8 Å². The second-order valence-corrected chi connectivity index (χ2v) is 9.52. The Morgan fingerprint density at radius 1 is 1.06 bits per heavy atom. The molecule has 0 radical (unpaired) electrons. The lowest BCUT2D eigenvalue weighted by Gasteiger charge is -2.29. The lowest BCUT2D eigenvalue weighted by molar-refractivity contribution is -0.140. The number of benzene rings is 2. The maximum atomic E-state index is 13.6. The van der Waals surface area contributed by atoms with Crippen molar-refractivity contribution in [2.45, 2.75) is 39.3 Å². The first kappa shape index (κ1) is 26.2. The average molecular weight is 482 g/mol. The normalized spacial score (nSPS) is 12.2. The van der Waals surface area contributed by atoms with Gasteiger partial charge in [-0.05, 0) is 38.0 Å². The third kappa shape index (κ3) is 7.52. The number of halogens is 2. The predicted octanol–water partition coefficient (Wildman–Crippen LogP) is 3.06. The minimum Gasteiger partial charge on any atom is -0.355 e. The maximum Gasteiger partial charge on any atom is 0.242 e. The molecule has 0 heterocycles. The van der Waals surface area contributed by atoms with Crippen LogP contribution in [0.15, 0.2) is 48.5 Å². The summed E-state index contributed by atoms with van der Waals surface area (Å²) in [7, 11) is -3.80. The van der Waals surface area contributed by atoms with Crippen molar-refractivity contribution in [1.82, 2.24) is 10.2 Å². The number of rotatable bonds is 11. The molecular formula is C23H29F2N3O4S. The van der Waals surface area contributed by atoms with Gasteiger partial charge in [-0.15, -0.1) is 0 Å². The van der Waals surface area contributed by atoms with Gasteiger partial charge in [0.25, 0.3) is 0 Å². The van der Waals surface area contributed by atoms with Gasteiger partial charge >= 0.3 is 0 Å². The molecule has 180 valence electrons. The van der Waals surface area contributed by atoms with E-state index in [1.54, 1.807) is 13.8 Å². The van der Waals surface area contributed by atoms with E-state index in [-0.39, 0.29) is 43.4 Å². The first-order valence-electron chi connectivity index (χ1n) is 10.6. The van der Waals surface area contributed by atoms with Gasteiger partial charge in [-0.1, -0.05) is 30.3 Å². The van der Waals surface area contributed by atoms with Crippen molar-refractivity contribution >= 4 is 27.5 Å². The van der Waals surface area contributed by atoms with Crippen LogP contribution in [0.4, 0.5) is 14.5 Å². The Kier molecular flexibility index (Phi) is 9.33. The number of amides is 2. The number of carbonyl (C=O) groups excluding carboxylic acids is 2. The quantitative estimate of drug-likeness (QED) is 0.535. The van der Waals surface area contributed by atoms with Crippen LogP contribution in [0.5, 0.6) is 0 Å². The van der Waals surface area contributed by atoms with Gasteiger partial charge in [-0.25, -0.2) is 17.2 Å². The van der Waals surface area contributed by atoms with E-state index in [1.165, 1.54) is 11.0 Å². The van der Waals surface area contributed by atoms with Gasteiger partial charge in [0.2, 0.25) is 21.8 Å². The summed E-state index contributed by atoms with van der Waals surface area (Å²) in [5.41, 5.74) is 0.822. The van der Waals surface area contributed by atoms with Crippen molar-refractivity contribution < 1.29 is 26.8 Å². The number of likely N-dealkylation sites (N-methyl/N-ethyl adjacent to an activating group) is 1. The number of hydrogen-bond donors (Lipinski definition) is 1. The van der Waals surface area contributed by atoms with E-state index < -0.39 is 27.7 Å². The van der Waals surface area contributed by atoms with Crippen molar-refractivity contribution in [2.75, 3.05) is 23.7 Å². The molecule has 1 atom stereocenters. The first-order chi connectivity index (χ1) is 15.5. The van der Waals surface area contributed by atoms with Crippen LogP contribution in [-0.4, -0.2) is 50.5 Å². The van der Waals surface area contributed by atoms with Gasteiger partial charge in [-0.3, -0.25) is 13.9 Å². The zero-order valence-electron chi connectivity index (χ0n) is 18.9. The summed E-state index contributed by atoms with van der Waals surface area (Å²) in [5.74, 6) is -2.86. The summed E-state index contributed by atoms with van der Waals surface area (Å²) in [6, 6.07) is 11.3. The van der Waals surface area contributed by atoms with Crippen molar-refractivity contribution in [3.8, 4) is 0 Å². The zero-order valence-corrected chi connectivity index (χ0v) is 19.7. The molecule has 0 aliphatic rings. The van der Waals surface area contributed by atoms with Gasteiger partial charge in [0, 0.05) is 32.1 Å². The molecule has 0 fully saturated rings. The minimum absolute atomic E-state index is 0.0271. The number of nitrogens with zero attached hydrogens (tertiary/aromatic N) is 2. The molecule has 33 heavy (non-hydrogen) atoms. The summed E-state index contributed by atoms with van der Waals surface area (Å²) in [4.78, 5) is 26.9. The lowest BCUT2D eigenvalue weighted by Crippen LogP contribution is -2.47. The Morgan fingerprint density at radius 3 is 2.30 bits per heavy atom. The molecule has 2 amide bonds. The molecule has 1 N–H and O–H groups in total. The van der Waals surface area contributed by atoms with Crippen molar-refractivity contribution in [2.24, 2.45) is 0 Å². The fraction of sp³-hybridized carbons (Fsp3) is 0.391. The highest BCUT2D eigenvalue weighted by molar-refractivity contribution is 7.92. The summed E-state index contributed by atoms with van der Waals surface area (Å²) < 4.78 is 52.2. The Hall–Kier alpha value is -3.01. The molecule has 0 unspecified atom stereocenters. The van der Waals surface area contributed by atoms with Crippen LogP contribution in [0.3, 0.4) is 0 Å². The van der Waals surface area contributed by atoms with E-state index in [2.05, 4.69) is 5.32 Å². The Bertz CT molecular complexity index is 1060. The molecular weight excluding hydrogens is 452 g/mol. The van der Waals surface area contributed by atoms with Gasteiger partial charge in [0.1, 0.15) is 6.04 Å². The highest BCUT2D eigenvalue weighted by Crippen LogP contribution is 2.21. The lowest BCUT2D eigenvalue weighted by atomic mass is 10.1. The van der Waals surface area contributed by atoms with Crippen LogP contribution in [0.25, 0.3) is 0 Å². The standard InChI is InChI=1S/C23H29F2N3O4S/c1-4-26-23(30)17(2)27(16-18-9-6-5-7-10-18)22(29)11-8-14-28(33(3,31)32)19-12-13-20(24)21(25)15-19/h5-7,9-10,12-13,15,17H,4,8,11,14,16H2,1-3H3,(H,26,30)/t17-/m0/s1. The summed E-state index contributed by atoms with van der Waals surface area (Å²) in [6.45, 7) is 3.96. The fourth-order valence-corrected chi connectivity index (χ4v) is 4.29. The second kappa shape index (κ2) is 11.7. The van der Waals surface area contributed by atoms with Gasteiger partial charge in [-0.2, -0.15) is 0 Å². The van der Waals surface area contributed by atoms with Gasteiger partial charge in [0.05, 0.1) is 11.9 Å². The highest BCUT2D eigenvalue weighted by Gasteiger charge is 2.26. The third-order valence-corrected chi connectivity index (χ3v) is 6.25.